The lowest BCUT2D eigenvalue weighted by atomic mass is 9.60. The first kappa shape index (κ1) is 21.3. The molecular weight excluding hydrogens is 378 g/mol. The number of methoxy groups -OCH3 is 1. The van der Waals surface area contributed by atoms with E-state index >= 15 is 0 Å². The molecule has 164 valence electrons. The summed E-state index contributed by atoms with van der Waals surface area (Å²) in [4.78, 5) is 32.6. The van der Waals surface area contributed by atoms with Crippen molar-refractivity contribution < 1.29 is 14.3 Å². The van der Waals surface area contributed by atoms with E-state index in [0.717, 1.165) is 64.1 Å². The number of hydrogen-bond acceptors (Lipinski definition) is 4. The van der Waals surface area contributed by atoms with Crippen molar-refractivity contribution in [3.63, 3.8) is 0 Å². The van der Waals surface area contributed by atoms with E-state index in [0.29, 0.717) is 18.9 Å². The molecule has 0 unspecified atom stereocenters. The van der Waals surface area contributed by atoms with Crippen molar-refractivity contribution in [2.45, 2.75) is 32.6 Å². The highest BCUT2D eigenvalue weighted by atomic mass is 16.5. The van der Waals surface area contributed by atoms with Crippen molar-refractivity contribution >= 4 is 11.8 Å². The van der Waals surface area contributed by atoms with Gasteiger partial charge >= 0.3 is 0 Å². The minimum absolute atomic E-state index is 0.0246. The number of piperidine rings is 1. The van der Waals surface area contributed by atoms with Crippen LogP contribution in [0.5, 0.6) is 0 Å². The van der Waals surface area contributed by atoms with Crippen LogP contribution >= 0.6 is 0 Å². The zero-order valence-corrected chi connectivity index (χ0v) is 18.7. The van der Waals surface area contributed by atoms with Crippen LogP contribution in [0.1, 0.15) is 30.4 Å². The molecule has 0 radical (unpaired) electrons. The van der Waals surface area contributed by atoms with E-state index in [1.807, 2.05) is 29.0 Å². The summed E-state index contributed by atoms with van der Waals surface area (Å²) in [7, 11) is 3.66. The first-order valence-corrected chi connectivity index (χ1v) is 11.2. The smallest absolute Gasteiger partial charge is 0.230 e. The molecule has 4 rings (SSSR count). The van der Waals surface area contributed by atoms with E-state index in [4.69, 9.17) is 4.74 Å². The molecule has 1 aromatic rings. The molecule has 30 heavy (non-hydrogen) atoms. The standard InChI is InChI=1S/C24H35N3O3/c1-19-4-6-20(7-5-19)16-21(28)27-12-8-23(9-13-27)17-26(14-15-30-3)18-24(23)10-11-25(2)22(24)29/h4-7H,8-18H2,1-3H3/t24-/m0/s1. The summed E-state index contributed by atoms with van der Waals surface area (Å²) >= 11 is 0. The van der Waals surface area contributed by atoms with Gasteiger partial charge in [-0.15, -0.1) is 0 Å². The molecule has 3 aliphatic rings. The number of carbonyl (C=O) groups excluding carboxylic acids is 2. The van der Waals surface area contributed by atoms with Gasteiger partial charge in [0.2, 0.25) is 11.8 Å². The quantitative estimate of drug-likeness (QED) is 0.741. The molecule has 0 N–H and O–H groups in total. The van der Waals surface area contributed by atoms with Crippen LogP contribution in [0.4, 0.5) is 0 Å². The summed E-state index contributed by atoms with van der Waals surface area (Å²) in [6.07, 6.45) is 3.22. The van der Waals surface area contributed by atoms with E-state index in [2.05, 4.69) is 24.0 Å². The number of aryl methyl sites for hydroxylation is 1. The van der Waals surface area contributed by atoms with E-state index in [1.165, 1.54) is 5.56 Å². The molecule has 3 saturated heterocycles. The molecule has 6 nitrogen and oxygen atoms in total. The molecule has 1 aromatic carbocycles. The summed E-state index contributed by atoms with van der Waals surface area (Å²) in [6, 6.07) is 8.22. The highest BCUT2D eigenvalue weighted by Crippen LogP contribution is 2.57. The zero-order valence-electron chi connectivity index (χ0n) is 18.7. The minimum atomic E-state index is -0.290. The summed E-state index contributed by atoms with van der Waals surface area (Å²) in [5.41, 5.74) is 1.97. The summed E-state index contributed by atoms with van der Waals surface area (Å²) in [5.74, 6) is 0.508. The van der Waals surface area contributed by atoms with Gasteiger partial charge in [0.1, 0.15) is 0 Å². The second-order valence-electron chi connectivity index (χ2n) is 9.59. The van der Waals surface area contributed by atoms with E-state index < -0.39 is 0 Å². The lowest BCUT2D eigenvalue weighted by molar-refractivity contribution is -0.143. The van der Waals surface area contributed by atoms with Crippen LogP contribution in [0.2, 0.25) is 0 Å². The Morgan fingerprint density at radius 2 is 1.77 bits per heavy atom. The minimum Gasteiger partial charge on any atom is -0.383 e. The maximum absolute atomic E-state index is 13.3. The third kappa shape index (κ3) is 3.65. The zero-order chi connectivity index (χ0) is 21.4. The predicted octanol–water partition coefficient (Wildman–Crippen LogP) is 1.96. The average Bonchev–Trinajstić information content (AvgIpc) is 3.21. The number of ether oxygens (including phenoxy) is 1. The highest BCUT2D eigenvalue weighted by Gasteiger charge is 2.64. The molecule has 0 saturated carbocycles. The molecule has 2 amide bonds. The van der Waals surface area contributed by atoms with Crippen LogP contribution in [0.25, 0.3) is 0 Å². The molecule has 3 heterocycles. The lowest BCUT2D eigenvalue weighted by Crippen LogP contribution is -2.53. The SMILES string of the molecule is COCCN1CC2(CCN(C(=O)Cc3ccc(C)cc3)CC2)[C@@]2(CCN(C)C2=O)C1. The Kier molecular flexibility index (Phi) is 5.90. The Hall–Kier alpha value is -1.92. The van der Waals surface area contributed by atoms with Crippen molar-refractivity contribution in [1.29, 1.82) is 0 Å². The fourth-order valence-corrected chi connectivity index (χ4v) is 5.95. The van der Waals surface area contributed by atoms with Gasteiger partial charge in [-0.2, -0.15) is 0 Å². The Bertz CT molecular complexity index is 785. The van der Waals surface area contributed by atoms with Gasteiger partial charge in [0.25, 0.3) is 0 Å². The monoisotopic (exact) mass is 413 g/mol. The van der Waals surface area contributed by atoms with Crippen LogP contribution in [-0.4, -0.2) is 86.5 Å². The summed E-state index contributed by atoms with van der Waals surface area (Å²) in [5, 5.41) is 0. The third-order valence-electron chi connectivity index (χ3n) is 7.83. The van der Waals surface area contributed by atoms with Crippen LogP contribution < -0.4 is 0 Å². The van der Waals surface area contributed by atoms with Crippen molar-refractivity contribution in [1.82, 2.24) is 14.7 Å². The Labute approximate surface area is 180 Å². The molecule has 1 atom stereocenters. The number of benzene rings is 1. The highest BCUT2D eigenvalue weighted by molar-refractivity contribution is 5.86. The first-order chi connectivity index (χ1) is 14.4. The molecule has 2 spiro atoms. The normalized spacial score (nSPS) is 26.3. The topological polar surface area (TPSA) is 53.1 Å². The second kappa shape index (κ2) is 8.31. The number of amides is 2. The van der Waals surface area contributed by atoms with Crippen LogP contribution in [0, 0.1) is 17.8 Å². The fourth-order valence-electron chi connectivity index (χ4n) is 5.95. The lowest BCUT2D eigenvalue weighted by Gasteiger charge is -2.47. The largest absolute Gasteiger partial charge is 0.383 e. The average molecular weight is 414 g/mol. The number of fused-ring (bicyclic) bond motifs is 1. The van der Waals surface area contributed by atoms with Crippen LogP contribution in [0.3, 0.4) is 0 Å². The van der Waals surface area contributed by atoms with Gasteiger partial charge in [-0.3, -0.25) is 14.5 Å². The number of likely N-dealkylation sites (tertiary alicyclic amines) is 3. The van der Waals surface area contributed by atoms with Gasteiger partial charge in [0, 0.05) is 58.8 Å². The van der Waals surface area contributed by atoms with Gasteiger partial charge in [-0.1, -0.05) is 29.8 Å². The van der Waals surface area contributed by atoms with Crippen LogP contribution in [0.15, 0.2) is 24.3 Å². The third-order valence-corrected chi connectivity index (χ3v) is 7.83. The van der Waals surface area contributed by atoms with E-state index in [9.17, 15) is 9.59 Å². The maximum atomic E-state index is 13.3. The van der Waals surface area contributed by atoms with E-state index in [1.54, 1.807) is 7.11 Å². The Morgan fingerprint density at radius 1 is 1.07 bits per heavy atom. The van der Waals surface area contributed by atoms with Gasteiger partial charge in [-0.25, -0.2) is 0 Å². The number of rotatable bonds is 5. The Balaban J connectivity index is 1.46. The first-order valence-electron chi connectivity index (χ1n) is 11.2. The molecule has 6 heteroatoms. The predicted molar refractivity (Wildman–Crippen MR) is 116 cm³/mol. The van der Waals surface area contributed by atoms with Gasteiger partial charge in [0.15, 0.2) is 0 Å². The van der Waals surface area contributed by atoms with E-state index in [-0.39, 0.29) is 16.7 Å². The molecule has 3 aliphatic heterocycles. The molecule has 0 aliphatic carbocycles. The maximum Gasteiger partial charge on any atom is 0.230 e. The molecule has 0 aromatic heterocycles. The summed E-state index contributed by atoms with van der Waals surface area (Å²) < 4.78 is 5.30. The number of hydrogen-bond donors (Lipinski definition) is 0. The number of nitrogens with zero attached hydrogens (tertiary/aromatic N) is 3. The number of carbonyl (C=O) groups is 2. The molecule has 0 bridgehead atoms. The fraction of sp³-hybridized carbons (Fsp3) is 0.667. The van der Waals surface area contributed by atoms with Gasteiger partial charge in [-0.05, 0) is 31.7 Å². The Morgan fingerprint density at radius 3 is 2.37 bits per heavy atom. The van der Waals surface area contributed by atoms with Crippen molar-refractivity contribution in [3.05, 3.63) is 35.4 Å². The second-order valence-corrected chi connectivity index (χ2v) is 9.59. The van der Waals surface area contributed by atoms with Crippen molar-refractivity contribution in [3.8, 4) is 0 Å². The molecule has 3 fully saturated rings. The van der Waals surface area contributed by atoms with Crippen molar-refractivity contribution in [2.75, 3.05) is 60.0 Å². The van der Waals surface area contributed by atoms with Gasteiger partial charge < -0.3 is 14.5 Å². The molecular formula is C24H35N3O3. The van der Waals surface area contributed by atoms with Crippen LogP contribution in [-0.2, 0) is 20.7 Å². The van der Waals surface area contributed by atoms with Gasteiger partial charge in [0.05, 0.1) is 18.4 Å². The summed E-state index contributed by atoms with van der Waals surface area (Å²) in [6.45, 7) is 7.74. The van der Waals surface area contributed by atoms with Crippen molar-refractivity contribution in [2.24, 2.45) is 10.8 Å².